The average Bonchev–Trinajstić information content (AvgIpc) is 2.35. The Bertz CT molecular complexity index is 552. The summed E-state index contributed by atoms with van der Waals surface area (Å²) in [6, 6.07) is 13.1. The lowest BCUT2D eigenvalue weighted by molar-refractivity contribution is 0.178. The van der Waals surface area contributed by atoms with Crippen LogP contribution < -0.4 is 0 Å². The highest BCUT2D eigenvalue weighted by atomic mass is 35.5. The minimum Gasteiger partial charge on any atom is -0.388 e. The maximum atomic E-state index is 10.3. The van der Waals surface area contributed by atoms with Crippen LogP contribution >= 0.6 is 23.2 Å². The van der Waals surface area contributed by atoms with Crippen molar-refractivity contribution in [3.05, 3.63) is 69.2 Å². The van der Waals surface area contributed by atoms with Gasteiger partial charge in [-0.05, 0) is 35.7 Å². The Morgan fingerprint density at radius 2 is 1.67 bits per heavy atom. The predicted octanol–water partition coefficient (Wildman–Crippen LogP) is 4.58. The maximum absolute atomic E-state index is 10.3. The molecular formula is C15H14Cl2O. The normalized spacial score (nSPS) is 12.4. The molecule has 2 aromatic rings. The standard InChI is InChI=1S/C15H14Cl2O/c1-10-12(6-4-8-13(10)16)15(18)9-11-5-2-3-7-14(11)17/h2-8,15,18H,9H2,1H3. The lowest BCUT2D eigenvalue weighted by atomic mass is 9.98. The van der Waals surface area contributed by atoms with Crippen LogP contribution in [-0.4, -0.2) is 5.11 Å². The number of aliphatic hydroxyl groups is 1. The molecule has 0 aliphatic carbocycles. The summed E-state index contributed by atoms with van der Waals surface area (Å²) in [5, 5.41) is 11.6. The van der Waals surface area contributed by atoms with Crippen molar-refractivity contribution in [3.63, 3.8) is 0 Å². The van der Waals surface area contributed by atoms with E-state index in [1.54, 1.807) is 0 Å². The molecule has 2 aromatic carbocycles. The third-order valence-electron chi connectivity index (χ3n) is 3.04. The first-order valence-electron chi connectivity index (χ1n) is 5.76. The van der Waals surface area contributed by atoms with Crippen LogP contribution in [0.25, 0.3) is 0 Å². The van der Waals surface area contributed by atoms with E-state index in [1.807, 2.05) is 49.4 Å². The van der Waals surface area contributed by atoms with Crippen molar-refractivity contribution >= 4 is 23.2 Å². The minimum atomic E-state index is -0.594. The molecule has 0 heterocycles. The largest absolute Gasteiger partial charge is 0.388 e. The van der Waals surface area contributed by atoms with Crippen LogP contribution in [0.2, 0.25) is 10.0 Å². The molecule has 0 aromatic heterocycles. The number of halogens is 2. The van der Waals surface area contributed by atoms with E-state index in [1.165, 1.54) is 0 Å². The summed E-state index contributed by atoms with van der Waals surface area (Å²) in [4.78, 5) is 0. The molecular weight excluding hydrogens is 267 g/mol. The maximum Gasteiger partial charge on any atom is 0.0833 e. The second kappa shape index (κ2) is 5.75. The van der Waals surface area contributed by atoms with Gasteiger partial charge in [-0.25, -0.2) is 0 Å². The van der Waals surface area contributed by atoms with Gasteiger partial charge in [-0.2, -0.15) is 0 Å². The average molecular weight is 281 g/mol. The second-order valence-electron chi connectivity index (χ2n) is 4.27. The van der Waals surface area contributed by atoms with Crippen molar-refractivity contribution < 1.29 is 5.11 Å². The van der Waals surface area contributed by atoms with E-state index in [-0.39, 0.29) is 0 Å². The van der Waals surface area contributed by atoms with Crippen LogP contribution in [0.5, 0.6) is 0 Å². The Labute approximate surface area is 117 Å². The highest BCUT2D eigenvalue weighted by Crippen LogP contribution is 2.28. The van der Waals surface area contributed by atoms with Gasteiger partial charge < -0.3 is 5.11 Å². The number of aliphatic hydroxyl groups excluding tert-OH is 1. The van der Waals surface area contributed by atoms with E-state index in [0.717, 1.165) is 16.7 Å². The summed E-state index contributed by atoms with van der Waals surface area (Å²) in [5.41, 5.74) is 2.70. The summed E-state index contributed by atoms with van der Waals surface area (Å²) in [7, 11) is 0. The molecule has 0 aliphatic heterocycles. The minimum absolute atomic E-state index is 0.487. The van der Waals surface area contributed by atoms with E-state index < -0.39 is 6.10 Å². The molecule has 3 heteroatoms. The van der Waals surface area contributed by atoms with Crippen LogP contribution in [-0.2, 0) is 6.42 Å². The molecule has 1 N–H and O–H groups in total. The fourth-order valence-corrected chi connectivity index (χ4v) is 2.36. The Hall–Kier alpha value is -1.02. The molecule has 1 atom stereocenters. The van der Waals surface area contributed by atoms with Gasteiger partial charge in [0, 0.05) is 16.5 Å². The quantitative estimate of drug-likeness (QED) is 0.873. The molecule has 2 rings (SSSR count). The highest BCUT2D eigenvalue weighted by Gasteiger charge is 2.14. The van der Waals surface area contributed by atoms with Gasteiger partial charge in [0.15, 0.2) is 0 Å². The van der Waals surface area contributed by atoms with E-state index in [2.05, 4.69) is 0 Å². The van der Waals surface area contributed by atoms with Gasteiger partial charge in [0.1, 0.15) is 0 Å². The van der Waals surface area contributed by atoms with Gasteiger partial charge in [0.05, 0.1) is 6.10 Å². The number of rotatable bonds is 3. The van der Waals surface area contributed by atoms with Crippen LogP contribution in [0, 0.1) is 6.92 Å². The van der Waals surface area contributed by atoms with Gasteiger partial charge in [0.2, 0.25) is 0 Å². The van der Waals surface area contributed by atoms with Crippen LogP contribution in [0.3, 0.4) is 0 Å². The summed E-state index contributed by atoms with van der Waals surface area (Å²) in [5.74, 6) is 0. The topological polar surface area (TPSA) is 20.2 Å². The van der Waals surface area contributed by atoms with Crippen LogP contribution in [0.4, 0.5) is 0 Å². The molecule has 1 nitrogen and oxygen atoms in total. The summed E-state index contributed by atoms with van der Waals surface area (Å²) >= 11 is 12.1. The zero-order chi connectivity index (χ0) is 13.1. The Balaban J connectivity index is 2.25. The first-order valence-corrected chi connectivity index (χ1v) is 6.51. The van der Waals surface area contributed by atoms with E-state index in [9.17, 15) is 5.11 Å². The molecule has 0 bridgehead atoms. The van der Waals surface area contributed by atoms with Gasteiger partial charge in [-0.1, -0.05) is 53.5 Å². The van der Waals surface area contributed by atoms with E-state index in [0.29, 0.717) is 16.5 Å². The fourth-order valence-electron chi connectivity index (χ4n) is 1.97. The molecule has 0 radical (unpaired) electrons. The molecule has 0 aliphatic rings. The molecule has 0 saturated carbocycles. The van der Waals surface area contributed by atoms with Crippen LogP contribution in [0.15, 0.2) is 42.5 Å². The monoisotopic (exact) mass is 280 g/mol. The molecule has 94 valence electrons. The second-order valence-corrected chi connectivity index (χ2v) is 5.08. The third-order valence-corrected chi connectivity index (χ3v) is 3.82. The molecule has 0 spiro atoms. The summed E-state index contributed by atoms with van der Waals surface area (Å²) in [6.45, 7) is 1.91. The lowest BCUT2D eigenvalue weighted by Crippen LogP contribution is -2.04. The first-order chi connectivity index (χ1) is 8.59. The number of hydrogen-bond donors (Lipinski definition) is 1. The Morgan fingerprint density at radius 1 is 1.00 bits per heavy atom. The van der Waals surface area contributed by atoms with Crippen molar-refractivity contribution in [1.82, 2.24) is 0 Å². The fraction of sp³-hybridized carbons (Fsp3) is 0.200. The molecule has 1 unspecified atom stereocenters. The van der Waals surface area contributed by atoms with Crippen molar-refractivity contribution in [3.8, 4) is 0 Å². The number of benzene rings is 2. The predicted molar refractivity (Wildman–Crippen MR) is 76.3 cm³/mol. The van der Waals surface area contributed by atoms with Crippen molar-refractivity contribution in [2.75, 3.05) is 0 Å². The van der Waals surface area contributed by atoms with E-state index in [4.69, 9.17) is 23.2 Å². The van der Waals surface area contributed by atoms with E-state index >= 15 is 0 Å². The van der Waals surface area contributed by atoms with Crippen LogP contribution in [0.1, 0.15) is 22.8 Å². The lowest BCUT2D eigenvalue weighted by Gasteiger charge is -2.15. The van der Waals surface area contributed by atoms with Crippen molar-refractivity contribution in [2.45, 2.75) is 19.4 Å². The summed E-state index contributed by atoms with van der Waals surface area (Å²) in [6.07, 6.45) is -0.107. The van der Waals surface area contributed by atoms with Crippen molar-refractivity contribution in [2.24, 2.45) is 0 Å². The molecule has 0 amide bonds. The Kier molecular flexibility index (Phi) is 4.28. The van der Waals surface area contributed by atoms with Gasteiger partial charge in [-0.15, -0.1) is 0 Å². The first kappa shape index (κ1) is 13.4. The highest BCUT2D eigenvalue weighted by molar-refractivity contribution is 6.31. The van der Waals surface area contributed by atoms with Gasteiger partial charge in [0.25, 0.3) is 0 Å². The van der Waals surface area contributed by atoms with Gasteiger partial charge in [-0.3, -0.25) is 0 Å². The SMILES string of the molecule is Cc1c(Cl)cccc1C(O)Cc1ccccc1Cl. The zero-order valence-corrected chi connectivity index (χ0v) is 11.5. The smallest absolute Gasteiger partial charge is 0.0833 e. The van der Waals surface area contributed by atoms with Gasteiger partial charge >= 0.3 is 0 Å². The number of hydrogen-bond acceptors (Lipinski definition) is 1. The molecule has 0 saturated heterocycles. The Morgan fingerprint density at radius 3 is 2.39 bits per heavy atom. The third kappa shape index (κ3) is 2.86. The summed E-state index contributed by atoms with van der Waals surface area (Å²) < 4.78 is 0. The van der Waals surface area contributed by atoms with Crippen molar-refractivity contribution in [1.29, 1.82) is 0 Å². The molecule has 18 heavy (non-hydrogen) atoms. The molecule has 0 fully saturated rings. The zero-order valence-electron chi connectivity index (χ0n) is 10.0.